The molecule has 0 bridgehead atoms. The van der Waals surface area contributed by atoms with Gasteiger partial charge in [0.2, 0.25) is 0 Å². The number of hydrogen-bond donors (Lipinski definition) is 0. The van der Waals surface area contributed by atoms with E-state index in [1.807, 2.05) is 37.3 Å². The fourth-order valence-corrected chi connectivity index (χ4v) is 2.21. The molecule has 0 unspecified atom stereocenters. The Morgan fingerprint density at radius 2 is 1.44 bits per heavy atom. The van der Waals surface area contributed by atoms with Crippen molar-refractivity contribution >= 4 is 11.9 Å². The van der Waals surface area contributed by atoms with E-state index in [1.165, 1.54) is 17.7 Å². The van der Waals surface area contributed by atoms with Gasteiger partial charge < -0.3 is 9.47 Å². The van der Waals surface area contributed by atoms with Gasteiger partial charge in [-0.2, -0.15) is 0 Å². The van der Waals surface area contributed by atoms with E-state index in [2.05, 4.69) is 4.98 Å². The van der Waals surface area contributed by atoms with Crippen LogP contribution in [0.3, 0.4) is 0 Å². The van der Waals surface area contributed by atoms with Gasteiger partial charge in [0.1, 0.15) is 11.4 Å². The lowest BCUT2D eigenvalue weighted by Gasteiger charge is -2.06. The van der Waals surface area contributed by atoms with Gasteiger partial charge in [0, 0.05) is 0 Å². The van der Waals surface area contributed by atoms with Crippen LogP contribution < -0.4 is 0 Å². The van der Waals surface area contributed by atoms with E-state index in [-0.39, 0.29) is 11.4 Å². The van der Waals surface area contributed by atoms with Crippen molar-refractivity contribution in [1.82, 2.24) is 4.98 Å². The van der Waals surface area contributed by atoms with Gasteiger partial charge in [-0.1, -0.05) is 49.7 Å². The SMILES string of the molecule is CCCCOC(=O)c1cccc(C(=O)OCCCc2ccccc2)n1. The Labute approximate surface area is 148 Å². The lowest BCUT2D eigenvalue weighted by molar-refractivity contribution is 0.0485. The second-order valence-corrected chi connectivity index (χ2v) is 5.62. The van der Waals surface area contributed by atoms with E-state index < -0.39 is 11.9 Å². The van der Waals surface area contributed by atoms with Crippen LogP contribution in [0.5, 0.6) is 0 Å². The second kappa shape index (κ2) is 10.2. The molecule has 0 saturated carbocycles. The third-order valence-electron chi connectivity index (χ3n) is 3.58. The topological polar surface area (TPSA) is 65.5 Å². The summed E-state index contributed by atoms with van der Waals surface area (Å²) in [5.41, 5.74) is 1.44. The summed E-state index contributed by atoms with van der Waals surface area (Å²) in [6, 6.07) is 14.7. The highest BCUT2D eigenvalue weighted by molar-refractivity contribution is 5.91. The van der Waals surface area contributed by atoms with E-state index in [1.54, 1.807) is 6.07 Å². The van der Waals surface area contributed by atoms with Crippen LogP contribution in [-0.4, -0.2) is 30.1 Å². The number of carbonyl (C=O) groups is 2. The smallest absolute Gasteiger partial charge is 0.356 e. The molecule has 5 nitrogen and oxygen atoms in total. The maximum atomic E-state index is 12.1. The number of esters is 2. The number of ether oxygens (including phenoxy) is 2. The Bertz CT molecular complexity index is 685. The number of nitrogens with zero attached hydrogens (tertiary/aromatic N) is 1. The maximum absolute atomic E-state index is 12.1. The van der Waals surface area contributed by atoms with Crippen LogP contribution in [0.15, 0.2) is 48.5 Å². The summed E-state index contributed by atoms with van der Waals surface area (Å²) >= 11 is 0. The quantitative estimate of drug-likeness (QED) is 0.512. The molecule has 0 amide bonds. The van der Waals surface area contributed by atoms with Gasteiger partial charge in [-0.15, -0.1) is 0 Å². The molecule has 0 atom stereocenters. The number of rotatable bonds is 9. The Morgan fingerprint density at radius 1 is 0.840 bits per heavy atom. The summed E-state index contributed by atoms with van der Waals surface area (Å²) in [5, 5.41) is 0. The fourth-order valence-electron chi connectivity index (χ4n) is 2.21. The van der Waals surface area contributed by atoms with Gasteiger partial charge in [0.05, 0.1) is 13.2 Å². The molecule has 0 N–H and O–H groups in total. The van der Waals surface area contributed by atoms with E-state index in [9.17, 15) is 9.59 Å². The Balaban J connectivity index is 1.81. The van der Waals surface area contributed by atoms with Crippen LogP contribution in [-0.2, 0) is 15.9 Å². The number of unbranched alkanes of at least 4 members (excludes halogenated alkanes) is 1. The minimum absolute atomic E-state index is 0.115. The van der Waals surface area contributed by atoms with E-state index >= 15 is 0 Å². The molecule has 0 radical (unpaired) electrons. The minimum Gasteiger partial charge on any atom is -0.461 e. The average Bonchev–Trinajstić information content (AvgIpc) is 2.66. The van der Waals surface area contributed by atoms with Gasteiger partial charge in [-0.05, 0) is 37.0 Å². The van der Waals surface area contributed by atoms with Crippen molar-refractivity contribution in [2.24, 2.45) is 0 Å². The molecule has 0 fully saturated rings. The number of hydrogen-bond acceptors (Lipinski definition) is 5. The number of aryl methyl sites for hydroxylation is 1. The second-order valence-electron chi connectivity index (χ2n) is 5.62. The van der Waals surface area contributed by atoms with Crippen molar-refractivity contribution in [2.75, 3.05) is 13.2 Å². The van der Waals surface area contributed by atoms with Crippen molar-refractivity contribution in [3.05, 3.63) is 65.5 Å². The molecule has 0 saturated heterocycles. The van der Waals surface area contributed by atoms with E-state index in [0.717, 1.165) is 25.7 Å². The summed E-state index contributed by atoms with van der Waals surface area (Å²) in [7, 11) is 0. The number of carbonyl (C=O) groups excluding carboxylic acids is 2. The van der Waals surface area contributed by atoms with Crippen molar-refractivity contribution in [3.63, 3.8) is 0 Å². The number of pyridine rings is 1. The van der Waals surface area contributed by atoms with Crippen molar-refractivity contribution in [1.29, 1.82) is 0 Å². The normalized spacial score (nSPS) is 10.3. The molecule has 2 rings (SSSR count). The third-order valence-corrected chi connectivity index (χ3v) is 3.58. The van der Waals surface area contributed by atoms with Gasteiger partial charge in [0.15, 0.2) is 0 Å². The summed E-state index contributed by atoms with van der Waals surface area (Å²) in [4.78, 5) is 28.0. The Kier molecular flexibility index (Phi) is 7.63. The van der Waals surface area contributed by atoms with Gasteiger partial charge >= 0.3 is 11.9 Å². The van der Waals surface area contributed by atoms with Crippen LogP contribution in [0.4, 0.5) is 0 Å². The molecule has 2 aromatic rings. The van der Waals surface area contributed by atoms with Crippen LogP contribution in [0.1, 0.15) is 52.7 Å². The van der Waals surface area contributed by atoms with Gasteiger partial charge in [-0.25, -0.2) is 14.6 Å². The molecule has 1 aromatic heterocycles. The zero-order valence-corrected chi connectivity index (χ0v) is 14.4. The fraction of sp³-hybridized carbons (Fsp3) is 0.350. The summed E-state index contributed by atoms with van der Waals surface area (Å²) in [5.74, 6) is -1.05. The number of benzene rings is 1. The Hall–Kier alpha value is -2.69. The predicted molar refractivity (Wildman–Crippen MR) is 94.5 cm³/mol. The average molecular weight is 341 g/mol. The largest absolute Gasteiger partial charge is 0.461 e. The molecule has 0 aliphatic carbocycles. The molecular weight excluding hydrogens is 318 g/mol. The minimum atomic E-state index is -0.531. The van der Waals surface area contributed by atoms with Crippen molar-refractivity contribution < 1.29 is 19.1 Å². The standard InChI is InChI=1S/C20H23NO4/c1-2-3-14-24-19(22)17-12-7-13-18(21-17)20(23)25-15-8-11-16-9-5-4-6-10-16/h4-7,9-10,12-13H,2-3,8,11,14-15H2,1H3. The molecule has 1 aromatic carbocycles. The Morgan fingerprint density at radius 3 is 2.04 bits per heavy atom. The van der Waals surface area contributed by atoms with E-state index in [0.29, 0.717) is 13.2 Å². The highest BCUT2D eigenvalue weighted by atomic mass is 16.5. The van der Waals surface area contributed by atoms with Crippen LogP contribution in [0.2, 0.25) is 0 Å². The zero-order chi connectivity index (χ0) is 17.9. The van der Waals surface area contributed by atoms with Crippen molar-refractivity contribution in [3.8, 4) is 0 Å². The molecule has 25 heavy (non-hydrogen) atoms. The first kappa shape index (κ1) is 18.6. The molecule has 0 aliphatic heterocycles. The molecular formula is C20H23NO4. The first-order valence-corrected chi connectivity index (χ1v) is 8.56. The maximum Gasteiger partial charge on any atom is 0.356 e. The van der Waals surface area contributed by atoms with E-state index in [4.69, 9.17) is 9.47 Å². The zero-order valence-electron chi connectivity index (χ0n) is 14.4. The summed E-state index contributed by atoms with van der Waals surface area (Å²) in [6.07, 6.45) is 3.31. The number of aromatic nitrogens is 1. The molecule has 0 spiro atoms. The van der Waals surface area contributed by atoms with Crippen LogP contribution in [0.25, 0.3) is 0 Å². The summed E-state index contributed by atoms with van der Waals surface area (Å²) in [6.45, 7) is 2.67. The van der Waals surface area contributed by atoms with Gasteiger partial charge in [0.25, 0.3) is 0 Å². The molecule has 132 valence electrons. The van der Waals surface area contributed by atoms with Crippen molar-refractivity contribution in [2.45, 2.75) is 32.6 Å². The molecule has 1 heterocycles. The third kappa shape index (κ3) is 6.37. The predicted octanol–water partition coefficient (Wildman–Crippen LogP) is 3.83. The lowest BCUT2D eigenvalue weighted by atomic mass is 10.1. The first-order chi connectivity index (χ1) is 12.2. The lowest BCUT2D eigenvalue weighted by Crippen LogP contribution is -2.13. The highest BCUT2D eigenvalue weighted by Crippen LogP contribution is 2.06. The molecule has 5 heteroatoms. The van der Waals surface area contributed by atoms with Crippen LogP contribution >= 0.6 is 0 Å². The van der Waals surface area contributed by atoms with Gasteiger partial charge in [-0.3, -0.25) is 0 Å². The summed E-state index contributed by atoms with van der Waals surface area (Å²) < 4.78 is 10.3. The monoisotopic (exact) mass is 341 g/mol. The van der Waals surface area contributed by atoms with Crippen LogP contribution in [0, 0.1) is 0 Å². The highest BCUT2D eigenvalue weighted by Gasteiger charge is 2.14. The first-order valence-electron chi connectivity index (χ1n) is 8.56. The molecule has 0 aliphatic rings.